The predicted molar refractivity (Wildman–Crippen MR) is 128 cm³/mol. The molecule has 0 spiro atoms. The topological polar surface area (TPSA) is 76.8 Å². The first-order valence-corrected chi connectivity index (χ1v) is 11.6. The van der Waals surface area contributed by atoms with Gasteiger partial charge in [-0.3, -0.25) is 4.98 Å². The molecular weight excluding hydrogens is 416 g/mol. The Morgan fingerprint density at radius 2 is 2.09 bits per heavy atom. The molecule has 5 heterocycles. The number of likely N-dealkylation sites (tertiary alicyclic amines) is 1. The maximum Gasteiger partial charge on any atom is 0.244 e. The van der Waals surface area contributed by atoms with Gasteiger partial charge in [0.1, 0.15) is 11.6 Å². The molecule has 8 nitrogen and oxygen atoms in total. The van der Waals surface area contributed by atoms with Crippen LogP contribution < -0.4 is 10.1 Å². The Morgan fingerprint density at radius 1 is 1.18 bits per heavy atom. The first-order valence-electron chi connectivity index (χ1n) is 11.6. The Balaban J connectivity index is 1.40. The lowest BCUT2D eigenvalue weighted by Crippen LogP contribution is -2.43. The van der Waals surface area contributed by atoms with Crippen LogP contribution in [0.25, 0.3) is 27.5 Å². The van der Waals surface area contributed by atoms with Gasteiger partial charge in [0.25, 0.3) is 0 Å². The van der Waals surface area contributed by atoms with Crippen LogP contribution >= 0.6 is 0 Å². The number of aromatic nitrogens is 4. The third-order valence-corrected chi connectivity index (χ3v) is 6.70. The second-order valence-corrected chi connectivity index (χ2v) is 9.23. The van der Waals surface area contributed by atoms with Crippen molar-refractivity contribution < 1.29 is 9.47 Å². The summed E-state index contributed by atoms with van der Waals surface area (Å²) in [6, 6.07) is 12.7. The van der Waals surface area contributed by atoms with E-state index in [-0.39, 0.29) is 6.10 Å². The highest BCUT2D eigenvalue weighted by atomic mass is 16.6. The molecular formula is C25H28N6O2. The predicted octanol–water partition coefficient (Wildman–Crippen LogP) is 3.47. The van der Waals surface area contributed by atoms with E-state index in [1.54, 1.807) is 0 Å². The lowest BCUT2D eigenvalue weighted by molar-refractivity contribution is -0.0808. The Hall–Kier alpha value is -3.23. The largest absolute Gasteiger partial charge is 0.468 e. The van der Waals surface area contributed by atoms with E-state index in [1.807, 2.05) is 29.0 Å². The van der Waals surface area contributed by atoms with Crippen LogP contribution in [0.3, 0.4) is 0 Å². The van der Waals surface area contributed by atoms with E-state index in [9.17, 15) is 0 Å². The maximum atomic E-state index is 6.29. The molecule has 2 fully saturated rings. The normalized spacial score (nSPS) is 21.9. The van der Waals surface area contributed by atoms with Crippen molar-refractivity contribution in [3.63, 3.8) is 0 Å². The van der Waals surface area contributed by atoms with Gasteiger partial charge < -0.3 is 19.7 Å². The van der Waals surface area contributed by atoms with Crippen molar-refractivity contribution in [1.82, 2.24) is 24.5 Å². The fourth-order valence-corrected chi connectivity index (χ4v) is 4.79. The van der Waals surface area contributed by atoms with E-state index >= 15 is 0 Å². The molecule has 0 saturated carbocycles. The smallest absolute Gasteiger partial charge is 0.244 e. The van der Waals surface area contributed by atoms with Crippen LogP contribution in [-0.4, -0.2) is 70.0 Å². The van der Waals surface area contributed by atoms with Crippen molar-refractivity contribution in [2.75, 3.05) is 38.7 Å². The molecule has 0 unspecified atom stereocenters. The van der Waals surface area contributed by atoms with Gasteiger partial charge in [-0.2, -0.15) is 4.98 Å². The van der Waals surface area contributed by atoms with Crippen molar-refractivity contribution in [2.45, 2.75) is 25.5 Å². The average molecular weight is 445 g/mol. The van der Waals surface area contributed by atoms with Crippen molar-refractivity contribution in [1.29, 1.82) is 0 Å². The molecule has 2 aliphatic rings. The van der Waals surface area contributed by atoms with E-state index in [4.69, 9.17) is 19.6 Å². The van der Waals surface area contributed by atoms with Crippen LogP contribution in [0.5, 0.6) is 5.88 Å². The lowest BCUT2D eigenvalue weighted by atomic mass is 9.94. The maximum absolute atomic E-state index is 6.29. The third-order valence-electron chi connectivity index (χ3n) is 6.70. The molecule has 170 valence electrons. The van der Waals surface area contributed by atoms with Gasteiger partial charge in [0.15, 0.2) is 0 Å². The van der Waals surface area contributed by atoms with Crippen LogP contribution in [0, 0.1) is 5.92 Å². The van der Waals surface area contributed by atoms with Crippen LogP contribution in [0.4, 0.5) is 5.95 Å². The van der Waals surface area contributed by atoms with Gasteiger partial charge in [0.2, 0.25) is 11.8 Å². The number of fused-ring (bicyclic) bond motifs is 2. The summed E-state index contributed by atoms with van der Waals surface area (Å²) >= 11 is 0. The second-order valence-electron chi connectivity index (χ2n) is 9.23. The highest BCUT2D eigenvalue weighted by Crippen LogP contribution is 2.34. The molecule has 2 atom stereocenters. The standard InChI is InChI=1S/C25H28N6O2/c1-16-13-30(2)10-8-21(16)27-25-28-24(33-19-14-32-15-19)23-20(7-11-31(23)29-25)17-5-6-22-18(12-17)4-3-9-26-22/h3-7,9,11-12,16,19,21H,8,10,13-15H2,1-2H3,(H,27,29)/t16-,21+/m1/s1. The Kier molecular flexibility index (Phi) is 5.11. The SMILES string of the molecule is C[C@@H]1CN(C)CC[C@@H]1Nc1nc(OC2COC2)c2c(-c3ccc4ncccc4c3)ccn2n1. The summed E-state index contributed by atoms with van der Waals surface area (Å²) in [5.41, 5.74) is 3.96. The first-order chi connectivity index (χ1) is 16.1. The van der Waals surface area contributed by atoms with Gasteiger partial charge in [-0.05, 0) is 55.8 Å². The van der Waals surface area contributed by atoms with Crippen LogP contribution in [0.2, 0.25) is 0 Å². The molecule has 1 N–H and O–H groups in total. The summed E-state index contributed by atoms with van der Waals surface area (Å²) in [4.78, 5) is 11.7. The van der Waals surface area contributed by atoms with Crippen LogP contribution in [0.15, 0.2) is 48.8 Å². The molecule has 3 aromatic heterocycles. The summed E-state index contributed by atoms with van der Waals surface area (Å²) in [6.07, 6.45) is 4.87. The first kappa shape index (κ1) is 20.4. The molecule has 2 aliphatic heterocycles. The van der Waals surface area contributed by atoms with E-state index in [0.717, 1.165) is 47.1 Å². The van der Waals surface area contributed by atoms with Gasteiger partial charge in [0.05, 0.1) is 18.7 Å². The molecule has 8 heteroatoms. The van der Waals surface area contributed by atoms with Crippen molar-refractivity contribution >= 4 is 22.4 Å². The number of rotatable bonds is 5. The van der Waals surface area contributed by atoms with Crippen molar-refractivity contribution in [2.24, 2.45) is 5.92 Å². The highest BCUT2D eigenvalue weighted by molar-refractivity contribution is 5.90. The zero-order valence-electron chi connectivity index (χ0n) is 18.9. The van der Waals surface area contributed by atoms with Crippen LogP contribution in [-0.2, 0) is 4.74 Å². The van der Waals surface area contributed by atoms with Gasteiger partial charge in [-0.25, -0.2) is 4.52 Å². The minimum Gasteiger partial charge on any atom is -0.468 e. The molecule has 0 radical (unpaired) electrons. The Morgan fingerprint density at radius 3 is 2.91 bits per heavy atom. The summed E-state index contributed by atoms with van der Waals surface area (Å²) < 4.78 is 13.5. The molecule has 0 bridgehead atoms. The summed E-state index contributed by atoms with van der Waals surface area (Å²) in [7, 11) is 2.17. The summed E-state index contributed by atoms with van der Waals surface area (Å²) in [6.45, 7) is 5.58. The van der Waals surface area contributed by atoms with Gasteiger partial charge in [0, 0.05) is 35.9 Å². The zero-order chi connectivity index (χ0) is 22.4. The van der Waals surface area contributed by atoms with Gasteiger partial charge in [-0.15, -0.1) is 5.10 Å². The number of piperidine rings is 1. The number of hydrogen-bond acceptors (Lipinski definition) is 7. The minimum absolute atomic E-state index is 0.0161. The third kappa shape index (κ3) is 3.89. The Labute approximate surface area is 192 Å². The molecule has 2 saturated heterocycles. The zero-order valence-corrected chi connectivity index (χ0v) is 18.9. The molecule has 0 aliphatic carbocycles. The monoisotopic (exact) mass is 444 g/mol. The number of anilines is 1. The van der Waals surface area contributed by atoms with Crippen LogP contribution in [0.1, 0.15) is 13.3 Å². The summed E-state index contributed by atoms with van der Waals surface area (Å²) in [5.74, 6) is 1.70. The number of benzene rings is 1. The van der Waals surface area contributed by atoms with Gasteiger partial charge >= 0.3 is 0 Å². The van der Waals surface area contributed by atoms with Crippen molar-refractivity contribution in [3.05, 3.63) is 48.8 Å². The molecule has 0 amide bonds. The number of ether oxygens (including phenoxy) is 2. The average Bonchev–Trinajstić information content (AvgIpc) is 3.22. The molecule has 4 aromatic rings. The van der Waals surface area contributed by atoms with Crippen molar-refractivity contribution in [3.8, 4) is 17.0 Å². The summed E-state index contributed by atoms with van der Waals surface area (Å²) in [5, 5.41) is 9.47. The quantitative estimate of drug-likeness (QED) is 0.505. The fourth-order valence-electron chi connectivity index (χ4n) is 4.79. The lowest BCUT2D eigenvalue weighted by Gasteiger charge is -2.35. The van der Waals surface area contributed by atoms with E-state index in [2.05, 4.69) is 53.4 Å². The second kappa shape index (κ2) is 8.28. The van der Waals surface area contributed by atoms with E-state index in [0.29, 0.717) is 37.0 Å². The van der Waals surface area contributed by atoms with E-state index < -0.39 is 0 Å². The highest BCUT2D eigenvalue weighted by Gasteiger charge is 2.27. The van der Waals surface area contributed by atoms with E-state index in [1.165, 1.54) is 0 Å². The van der Waals surface area contributed by atoms with Gasteiger partial charge in [-0.1, -0.05) is 19.1 Å². The number of pyridine rings is 1. The number of nitrogens with zero attached hydrogens (tertiary/aromatic N) is 5. The molecule has 1 aromatic carbocycles. The Bertz CT molecular complexity index is 1300. The fraction of sp³-hybridized carbons (Fsp3) is 0.400. The number of nitrogens with one attached hydrogen (secondary N) is 1. The number of hydrogen-bond donors (Lipinski definition) is 1. The minimum atomic E-state index is 0.0161. The molecule has 6 rings (SSSR count). The molecule has 33 heavy (non-hydrogen) atoms.